The summed E-state index contributed by atoms with van der Waals surface area (Å²) in [6.07, 6.45) is -4.67. The predicted octanol–water partition coefficient (Wildman–Crippen LogP) is 6.24. The number of rotatable bonds is 5. The van der Waals surface area contributed by atoms with Crippen molar-refractivity contribution in [3.05, 3.63) is 78.1 Å². The number of carbonyl (C=O) groups is 2. The van der Waals surface area contributed by atoms with Crippen LogP contribution < -0.4 is 20.7 Å². The first-order valence-corrected chi connectivity index (χ1v) is 9.20. The maximum atomic E-state index is 13.8. The molecule has 0 spiro atoms. The van der Waals surface area contributed by atoms with Gasteiger partial charge in [0.15, 0.2) is 0 Å². The van der Waals surface area contributed by atoms with Crippen molar-refractivity contribution >= 4 is 29.0 Å². The summed E-state index contributed by atoms with van der Waals surface area (Å²) in [5.74, 6) is -0.229. The van der Waals surface area contributed by atoms with Crippen molar-refractivity contribution in [3.8, 4) is 11.5 Å². The van der Waals surface area contributed by atoms with Gasteiger partial charge in [0.05, 0.1) is 11.3 Å². The van der Waals surface area contributed by atoms with Crippen molar-refractivity contribution in [2.45, 2.75) is 13.1 Å². The first kappa shape index (κ1) is 22.6. The van der Waals surface area contributed by atoms with E-state index in [0.717, 1.165) is 0 Å². The lowest BCUT2D eigenvalue weighted by molar-refractivity contribution is -0.137. The van der Waals surface area contributed by atoms with Crippen LogP contribution in [0.1, 0.15) is 12.5 Å². The van der Waals surface area contributed by atoms with Crippen molar-refractivity contribution in [1.29, 1.82) is 0 Å². The highest BCUT2D eigenvalue weighted by Crippen LogP contribution is 2.32. The smallest absolute Gasteiger partial charge is 0.416 e. The minimum atomic E-state index is -4.67. The second kappa shape index (κ2) is 9.38. The van der Waals surface area contributed by atoms with E-state index in [0.29, 0.717) is 41.1 Å². The largest absolute Gasteiger partial charge is 0.457 e. The van der Waals surface area contributed by atoms with Gasteiger partial charge >= 0.3 is 12.2 Å². The fraction of sp³-hybridized carbons (Fsp3) is 0.0909. The molecule has 10 heteroatoms. The molecular weight excluding hydrogens is 430 g/mol. The van der Waals surface area contributed by atoms with Gasteiger partial charge in [-0.3, -0.25) is 4.79 Å². The number of amides is 3. The minimum Gasteiger partial charge on any atom is -0.457 e. The summed E-state index contributed by atoms with van der Waals surface area (Å²) < 4.78 is 57.7. The molecular formula is C22H17F4N3O3. The second-order valence-electron chi connectivity index (χ2n) is 6.60. The van der Waals surface area contributed by atoms with E-state index < -0.39 is 29.3 Å². The van der Waals surface area contributed by atoms with Gasteiger partial charge in [0.2, 0.25) is 5.91 Å². The maximum absolute atomic E-state index is 13.8. The lowest BCUT2D eigenvalue weighted by Crippen LogP contribution is -2.20. The van der Waals surface area contributed by atoms with Gasteiger partial charge < -0.3 is 20.7 Å². The molecule has 0 fully saturated rings. The highest BCUT2D eigenvalue weighted by atomic mass is 19.4. The number of ether oxygens (including phenoxy) is 1. The fourth-order valence-electron chi connectivity index (χ4n) is 2.63. The molecule has 0 saturated carbocycles. The second-order valence-corrected chi connectivity index (χ2v) is 6.60. The van der Waals surface area contributed by atoms with Crippen LogP contribution in [0.25, 0.3) is 0 Å². The summed E-state index contributed by atoms with van der Waals surface area (Å²) in [4.78, 5) is 23.1. The lowest BCUT2D eigenvalue weighted by Gasteiger charge is -2.12. The zero-order chi connectivity index (χ0) is 23.3. The van der Waals surface area contributed by atoms with Crippen LogP contribution in [-0.4, -0.2) is 11.9 Å². The molecule has 0 aliphatic heterocycles. The Morgan fingerprint density at radius 1 is 0.781 bits per heavy atom. The average molecular weight is 447 g/mol. The highest BCUT2D eigenvalue weighted by Gasteiger charge is 2.31. The third-order valence-corrected chi connectivity index (χ3v) is 4.06. The summed E-state index contributed by atoms with van der Waals surface area (Å²) in [6.45, 7) is 1.40. The van der Waals surface area contributed by atoms with Gasteiger partial charge in [-0.1, -0.05) is 0 Å². The molecule has 0 saturated heterocycles. The van der Waals surface area contributed by atoms with Crippen LogP contribution in [0.15, 0.2) is 66.7 Å². The number of benzene rings is 3. The number of urea groups is 1. The van der Waals surface area contributed by atoms with Crippen molar-refractivity contribution in [2.24, 2.45) is 0 Å². The molecule has 0 aliphatic rings. The first-order chi connectivity index (χ1) is 15.1. The van der Waals surface area contributed by atoms with E-state index in [1.807, 2.05) is 0 Å². The van der Waals surface area contributed by atoms with Crippen LogP contribution in [0.5, 0.6) is 11.5 Å². The van der Waals surface area contributed by atoms with Crippen LogP contribution in [0.2, 0.25) is 0 Å². The Morgan fingerprint density at radius 2 is 1.31 bits per heavy atom. The summed E-state index contributed by atoms with van der Waals surface area (Å²) in [5, 5.41) is 7.09. The summed E-state index contributed by atoms with van der Waals surface area (Å²) in [5.41, 5.74) is -0.753. The fourth-order valence-corrected chi connectivity index (χ4v) is 2.63. The summed E-state index contributed by atoms with van der Waals surface area (Å²) in [7, 11) is 0. The van der Waals surface area contributed by atoms with Crippen molar-refractivity contribution in [1.82, 2.24) is 0 Å². The van der Waals surface area contributed by atoms with E-state index in [2.05, 4.69) is 16.0 Å². The van der Waals surface area contributed by atoms with Crippen LogP contribution in [0.3, 0.4) is 0 Å². The topological polar surface area (TPSA) is 79.5 Å². The number of hydrogen-bond donors (Lipinski definition) is 3. The number of anilines is 3. The van der Waals surface area contributed by atoms with Gasteiger partial charge in [-0.15, -0.1) is 0 Å². The van der Waals surface area contributed by atoms with Crippen LogP contribution >= 0.6 is 0 Å². The van der Waals surface area contributed by atoms with Gasteiger partial charge in [0.25, 0.3) is 0 Å². The number of nitrogens with one attached hydrogen (secondary N) is 3. The minimum absolute atomic E-state index is 0.193. The Morgan fingerprint density at radius 3 is 1.81 bits per heavy atom. The van der Waals surface area contributed by atoms with E-state index in [4.69, 9.17) is 4.74 Å². The molecule has 3 N–H and O–H groups in total. The number of alkyl halides is 3. The lowest BCUT2D eigenvalue weighted by atomic mass is 10.2. The molecule has 0 bridgehead atoms. The van der Waals surface area contributed by atoms with Gasteiger partial charge in [-0.05, 0) is 66.7 Å². The summed E-state index contributed by atoms with van der Waals surface area (Å²) in [6, 6.07) is 13.6. The Kier molecular flexibility index (Phi) is 6.62. The molecule has 0 aromatic heterocycles. The average Bonchev–Trinajstić information content (AvgIpc) is 2.71. The first-order valence-electron chi connectivity index (χ1n) is 9.20. The van der Waals surface area contributed by atoms with Gasteiger partial charge in [0.1, 0.15) is 17.3 Å². The van der Waals surface area contributed by atoms with E-state index in [-0.39, 0.29) is 5.91 Å². The van der Waals surface area contributed by atoms with E-state index in [1.165, 1.54) is 19.1 Å². The Bertz CT molecular complexity index is 1110. The molecule has 3 aromatic rings. The van der Waals surface area contributed by atoms with Crippen LogP contribution in [-0.2, 0) is 11.0 Å². The molecule has 0 unspecified atom stereocenters. The van der Waals surface area contributed by atoms with Gasteiger partial charge in [-0.25, -0.2) is 9.18 Å². The number of carbonyl (C=O) groups excluding carboxylic acids is 2. The van der Waals surface area contributed by atoms with Crippen LogP contribution in [0, 0.1) is 5.82 Å². The molecule has 166 valence electrons. The molecule has 3 amide bonds. The molecule has 32 heavy (non-hydrogen) atoms. The molecule has 6 nitrogen and oxygen atoms in total. The quantitative estimate of drug-likeness (QED) is 0.405. The third-order valence-electron chi connectivity index (χ3n) is 4.06. The monoisotopic (exact) mass is 447 g/mol. The van der Waals surface area contributed by atoms with Crippen molar-refractivity contribution in [3.63, 3.8) is 0 Å². The Balaban J connectivity index is 1.60. The SMILES string of the molecule is CC(=O)Nc1ccc(Oc2ccc(NC(=O)Nc3cc(C(F)(F)F)ccc3F)cc2)cc1. The molecule has 3 rings (SSSR count). The Hall–Kier alpha value is -4.08. The molecule has 0 atom stereocenters. The van der Waals surface area contributed by atoms with Gasteiger partial charge in [0, 0.05) is 18.3 Å². The normalized spacial score (nSPS) is 10.9. The predicted molar refractivity (Wildman–Crippen MR) is 111 cm³/mol. The maximum Gasteiger partial charge on any atom is 0.416 e. The number of hydrogen-bond acceptors (Lipinski definition) is 3. The van der Waals surface area contributed by atoms with Crippen molar-refractivity contribution in [2.75, 3.05) is 16.0 Å². The zero-order valence-electron chi connectivity index (χ0n) is 16.6. The Labute approximate surface area is 180 Å². The highest BCUT2D eigenvalue weighted by molar-refractivity contribution is 5.99. The molecule has 0 radical (unpaired) electrons. The zero-order valence-corrected chi connectivity index (χ0v) is 16.6. The standard InChI is InChI=1S/C22H17F4N3O3/c1-13(30)27-15-3-7-17(8-4-15)32-18-9-5-16(6-10-18)28-21(31)29-20-12-14(22(24,25)26)2-11-19(20)23/h2-12H,1H3,(H,27,30)(H2,28,29,31). The molecule has 0 heterocycles. The van der Waals surface area contributed by atoms with E-state index in [1.54, 1.807) is 36.4 Å². The van der Waals surface area contributed by atoms with Crippen LogP contribution in [0.4, 0.5) is 39.4 Å². The number of halogens is 4. The van der Waals surface area contributed by atoms with Gasteiger partial charge in [-0.2, -0.15) is 13.2 Å². The van der Waals surface area contributed by atoms with E-state index in [9.17, 15) is 27.2 Å². The molecule has 3 aromatic carbocycles. The van der Waals surface area contributed by atoms with Crippen molar-refractivity contribution < 1.29 is 31.9 Å². The van der Waals surface area contributed by atoms with E-state index >= 15 is 0 Å². The summed E-state index contributed by atoms with van der Waals surface area (Å²) >= 11 is 0. The molecule has 0 aliphatic carbocycles. The third kappa shape index (κ3) is 6.21.